The Morgan fingerprint density at radius 2 is 1.71 bits per heavy atom. The minimum atomic E-state index is -1.55. The molecule has 0 aliphatic carbocycles. The Bertz CT molecular complexity index is 1320. The van der Waals surface area contributed by atoms with Gasteiger partial charge in [-0.05, 0) is 53.1 Å². The van der Waals surface area contributed by atoms with E-state index in [1.165, 1.54) is 12.1 Å². The summed E-state index contributed by atoms with van der Waals surface area (Å²) >= 11 is 0. The zero-order valence-electron chi connectivity index (χ0n) is 16.1. The fourth-order valence-electron chi connectivity index (χ4n) is 4.29. The third-order valence-electron chi connectivity index (χ3n) is 5.62. The number of nitrogens with one attached hydrogen (secondary N) is 1. The van der Waals surface area contributed by atoms with E-state index >= 15 is 0 Å². The highest BCUT2D eigenvalue weighted by molar-refractivity contribution is 6.06. The van der Waals surface area contributed by atoms with Crippen LogP contribution in [0.1, 0.15) is 29.0 Å². The Morgan fingerprint density at radius 1 is 0.968 bits per heavy atom. The highest BCUT2D eigenvalue weighted by atomic mass is 19.2. The number of carbonyl (C=O) groups is 1. The lowest BCUT2D eigenvalue weighted by Gasteiger charge is -2.15. The van der Waals surface area contributed by atoms with Crippen LogP contribution in [0.2, 0.25) is 0 Å². The van der Waals surface area contributed by atoms with Gasteiger partial charge < -0.3 is 9.88 Å². The Labute approximate surface area is 174 Å². The predicted molar refractivity (Wildman–Crippen MR) is 109 cm³/mol. The maximum Gasteiger partial charge on any atom is 0.225 e. The molecule has 156 valence electrons. The Hall–Kier alpha value is -3.61. The molecule has 7 heteroatoms. The third-order valence-corrected chi connectivity index (χ3v) is 5.62. The molecule has 0 spiro atoms. The zero-order chi connectivity index (χ0) is 21.7. The monoisotopic (exact) mass is 424 g/mol. The molecule has 1 N–H and O–H groups in total. The molecule has 1 aromatic heterocycles. The van der Waals surface area contributed by atoms with Crippen molar-refractivity contribution in [1.29, 1.82) is 0 Å². The largest absolute Gasteiger partial charge is 0.343 e. The maximum absolute atomic E-state index is 14.0. The molecule has 4 aromatic rings. The number of hydrogen-bond donors (Lipinski definition) is 1. The number of rotatable bonds is 3. The maximum atomic E-state index is 14.0. The summed E-state index contributed by atoms with van der Waals surface area (Å²) in [5.41, 5.74) is 2.97. The molecule has 1 aliphatic rings. The fourth-order valence-corrected chi connectivity index (χ4v) is 4.29. The summed E-state index contributed by atoms with van der Waals surface area (Å²) in [4.78, 5) is 12.5. The van der Waals surface area contributed by atoms with Gasteiger partial charge in [0.15, 0.2) is 17.5 Å². The van der Waals surface area contributed by atoms with Crippen molar-refractivity contribution in [2.45, 2.75) is 18.9 Å². The molecule has 1 aliphatic heterocycles. The molecule has 5 rings (SSSR count). The Kier molecular flexibility index (Phi) is 4.54. The zero-order valence-corrected chi connectivity index (χ0v) is 16.1. The molecule has 0 radical (unpaired) electrons. The topological polar surface area (TPSA) is 34.0 Å². The van der Waals surface area contributed by atoms with Crippen molar-refractivity contribution in [3.63, 3.8) is 0 Å². The van der Waals surface area contributed by atoms with Gasteiger partial charge in [-0.3, -0.25) is 4.79 Å². The quantitative estimate of drug-likeness (QED) is 0.331. The van der Waals surface area contributed by atoms with E-state index in [0.29, 0.717) is 17.8 Å². The second-order valence-corrected chi connectivity index (χ2v) is 7.65. The molecule has 0 bridgehead atoms. The van der Waals surface area contributed by atoms with Gasteiger partial charge in [0.05, 0.1) is 11.2 Å². The molecular weight excluding hydrogens is 408 g/mol. The summed E-state index contributed by atoms with van der Waals surface area (Å²) < 4.78 is 57.0. The van der Waals surface area contributed by atoms with Crippen molar-refractivity contribution in [3.05, 3.63) is 101 Å². The molecule has 1 amide bonds. The minimum Gasteiger partial charge on any atom is -0.343 e. The van der Waals surface area contributed by atoms with Crippen LogP contribution >= 0.6 is 0 Å². The van der Waals surface area contributed by atoms with Gasteiger partial charge in [0, 0.05) is 30.5 Å². The van der Waals surface area contributed by atoms with Gasteiger partial charge in [0.1, 0.15) is 5.82 Å². The van der Waals surface area contributed by atoms with Crippen LogP contribution in [-0.2, 0) is 11.3 Å². The van der Waals surface area contributed by atoms with Gasteiger partial charge in [-0.25, -0.2) is 17.6 Å². The fraction of sp³-hybridized carbons (Fsp3) is 0.125. The molecule has 0 saturated heterocycles. The molecule has 0 saturated carbocycles. The number of nitrogens with zero attached hydrogens (tertiary/aromatic N) is 1. The lowest BCUT2D eigenvalue weighted by atomic mass is 9.88. The number of halogens is 4. The number of anilines is 1. The molecule has 2 heterocycles. The minimum absolute atomic E-state index is 0.0573. The highest BCUT2D eigenvalue weighted by Gasteiger charge is 2.29. The van der Waals surface area contributed by atoms with Crippen molar-refractivity contribution in [3.8, 4) is 0 Å². The molecule has 1 atom stereocenters. The van der Waals surface area contributed by atoms with Crippen LogP contribution in [0.25, 0.3) is 10.9 Å². The molecular formula is C24H16F4N2O. The lowest BCUT2D eigenvalue weighted by molar-refractivity contribution is -0.116. The summed E-state index contributed by atoms with van der Waals surface area (Å²) in [6.07, 6.45) is 1.75. The van der Waals surface area contributed by atoms with Crippen LogP contribution < -0.4 is 5.32 Å². The number of hydrogen-bond acceptors (Lipinski definition) is 1. The van der Waals surface area contributed by atoms with E-state index < -0.39 is 23.4 Å². The predicted octanol–water partition coefficient (Wildman–Crippen LogP) is 5.72. The lowest BCUT2D eigenvalue weighted by Crippen LogP contribution is -2.14. The SMILES string of the molecule is O=C1C[C@@H](c2cc(F)c(F)c(F)c2)c2cn(Cc3cccc(F)c3)c3cccc(c23)N1. The summed E-state index contributed by atoms with van der Waals surface area (Å²) in [6, 6.07) is 13.5. The first-order valence-corrected chi connectivity index (χ1v) is 9.71. The van der Waals surface area contributed by atoms with Crippen molar-refractivity contribution >= 4 is 22.5 Å². The number of amides is 1. The smallest absolute Gasteiger partial charge is 0.225 e. The van der Waals surface area contributed by atoms with Gasteiger partial charge in [-0.15, -0.1) is 0 Å². The summed E-state index contributed by atoms with van der Waals surface area (Å²) in [5.74, 6) is -5.48. The first-order chi connectivity index (χ1) is 14.9. The average molecular weight is 424 g/mol. The van der Waals surface area contributed by atoms with Crippen LogP contribution in [0, 0.1) is 23.3 Å². The highest BCUT2D eigenvalue weighted by Crippen LogP contribution is 2.41. The van der Waals surface area contributed by atoms with E-state index in [4.69, 9.17) is 0 Å². The molecule has 0 fully saturated rings. The standard InChI is InChI=1S/C24H16F4N2O/c25-15-4-1-3-13(7-15)11-30-12-17-16(14-8-18(26)24(28)19(27)9-14)10-22(31)29-20-5-2-6-21(30)23(17)20/h1-9,12,16H,10-11H2,(H,29,31)/t16-/m0/s1. The van der Waals surface area contributed by atoms with Crippen LogP contribution in [0.5, 0.6) is 0 Å². The number of carbonyl (C=O) groups excluding carboxylic acids is 1. The molecule has 3 aromatic carbocycles. The summed E-state index contributed by atoms with van der Waals surface area (Å²) in [7, 11) is 0. The van der Waals surface area contributed by atoms with Gasteiger partial charge in [-0.2, -0.15) is 0 Å². The number of benzene rings is 3. The Morgan fingerprint density at radius 3 is 2.45 bits per heavy atom. The van der Waals surface area contributed by atoms with Gasteiger partial charge in [0.2, 0.25) is 5.91 Å². The normalized spacial score (nSPS) is 15.7. The van der Waals surface area contributed by atoms with E-state index in [9.17, 15) is 22.4 Å². The van der Waals surface area contributed by atoms with E-state index in [1.807, 2.05) is 16.8 Å². The first-order valence-electron chi connectivity index (χ1n) is 9.71. The van der Waals surface area contributed by atoms with Gasteiger partial charge in [-0.1, -0.05) is 18.2 Å². The number of aromatic nitrogens is 1. The van der Waals surface area contributed by atoms with E-state index in [2.05, 4.69) is 5.32 Å². The van der Waals surface area contributed by atoms with Crippen LogP contribution in [0.15, 0.2) is 60.8 Å². The second kappa shape index (κ2) is 7.27. The van der Waals surface area contributed by atoms with Crippen molar-refractivity contribution < 1.29 is 22.4 Å². The Balaban J connectivity index is 1.70. The van der Waals surface area contributed by atoms with Crippen LogP contribution in [0.4, 0.5) is 23.2 Å². The van der Waals surface area contributed by atoms with Crippen LogP contribution in [-0.4, -0.2) is 10.5 Å². The molecule has 3 nitrogen and oxygen atoms in total. The molecule has 31 heavy (non-hydrogen) atoms. The van der Waals surface area contributed by atoms with Gasteiger partial charge in [0.25, 0.3) is 0 Å². The summed E-state index contributed by atoms with van der Waals surface area (Å²) in [6.45, 7) is 0.366. The first kappa shape index (κ1) is 19.4. The van der Waals surface area contributed by atoms with Crippen molar-refractivity contribution in [1.82, 2.24) is 4.57 Å². The van der Waals surface area contributed by atoms with E-state index in [1.54, 1.807) is 24.3 Å². The average Bonchev–Trinajstić information content (AvgIpc) is 3.01. The van der Waals surface area contributed by atoms with Crippen molar-refractivity contribution in [2.75, 3.05) is 5.32 Å². The summed E-state index contributed by atoms with van der Waals surface area (Å²) in [5, 5.41) is 3.58. The molecule has 0 unspecified atom stereocenters. The second-order valence-electron chi connectivity index (χ2n) is 7.65. The van der Waals surface area contributed by atoms with E-state index in [-0.39, 0.29) is 23.7 Å². The van der Waals surface area contributed by atoms with E-state index in [0.717, 1.165) is 28.6 Å². The van der Waals surface area contributed by atoms with Crippen LogP contribution in [0.3, 0.4) is 0 Å². The third kappa shape index (κ3) is 3.36. The van der Waals surface area contributed by atoms with Crippen molar-refractivity contribution in [2.24, 2.45) is 0 Å². The van der Waals surface area contributed by atoms with Gasteiger partial charge >= 0.3 is 0 Å².